The molecule has 1 atom stereocenters. The van der Waals surface area contributed by atoms with E-state index in [1.54, 1.807) is 0 Å². The molecular formula is C16H24N2. The van der Waals surface area contributed by atoms with E-state index in [-0.39, 0.29) is 0 Å². The summed E-state index contributed by atoms with van der Waals surface area (Å²) in [4.78, 5) is 2.61. The highest BCUT2D eigenvalue weighted by atomic mass is 15.2. The van der Waals surface area contributed by atoms with Crippen LogP contribution in [-0.2, 0) is 13.1 Å². The van der Waals surface area contributed by atoms with E-state index in [0.29, 0.717) is 6.04 Å². The number of hydrogen-bond donors (Lipinski definition) is 1. The highest BCUT2D eigenvalue weighted by Crippen LogP contribution is 2.33. The molecule has 1 saturated carbocycles. The third-order valence-electron chi connectivity index (χ3n) is 4.77. The zero-order chi connectivity index (χ0) is 12.4. The molecule has 0 amide bonds. The van der Waals surface area contributed by atoms with Gasteiger partial charge in [0.1, 0.15) is 0 Å². The molecule has 1 unspecified atom stereocenters. The summed E-state index contributed by atoms with van der Waals surface area (Å²) in [6, 6.07) is 9.44. The second-order valence-electron chi connectivity index (χ2n) is 5.87. The summed E-state index contributed by atoms with van der Waals surface area (Å²) in [6.07, 6.45) is 7.00. The minimum Gasteiger partial charge on any atom is -0.329 e. The molecule has 0 radical (unpaired) electrons. The van der Waals surface area contributed by atoms with Crippen LogP contribution in [0.5, 0.6) is 0 Å². The Kier molecular flexibility index (Phi) is 3.67. The summed E-state index contributed by atoms with van der Waals surface area (Å²) >= 11 is 0. The third kappa shape index (κ3) is 2.32. The average Bonchev–Trinajstić information content (AvgIpc) is 2.84. The van der Waals surface area contributed by atoms with Crippen molar-refractivity contribution in [2.24, 2.45) is 11.7 Å². The molecule has 3 rings (SSSR count). The van der Waals surface area contributed by atoms with Crippen LogP contribution >= 0.6 is 0 Å². The molecule has 1 heterocycles. The molecular weight excluding hydrogens is 220 g/mol. The topological polar surface area (TPSA) is 29.3 Å². The van der Waals surface area contributed by atoms with Crippen molar-refractivity contribution in [3.8, 4) is 0 Å². The maximum Gasteiger partial charge on any atom is 0.0253 e. The van der Waals surface area contributed by atoms with Crippen LogP contribution in [0.2, 0.25) is 0 Å². The van der Waals surface area contributed by atoms with E-state index >= 15 is 0 Å². The summed E-state index contributed by atoms with van der Waals surface area (Å²) in [7, 11) is 0. The molecule has 1 aliphatic heterocycles. The van der Waals surface area contributed by atoms with Crippen molar-refractivity contribution < 1.29 is 0 Å². The first-order chi connectivity index (χ1) is 8.88. The number of hydrogen-bond acceptors (Lipinski definition) is 2. The summed E-state index contributed by atoms with van der Waals surface area (Å²) in [6.45, 7) is 3.03. The average molecular weight is 244 g/mol. The Balaban J connectivity index is 1.71. The zero-order valence-corrected chi connectivity index (χ0v) is 11.1. The summed E-state index contributed by atoms with van der Waals surface area (Å²) in [5, 5.41) is 0. The van der Waals surface area contributed by atoms with Crippen LogP contribution in [0.1, 0.15) is 43.2 Å². The van der Waals surface area contributed by atoms with Gasteiger partial charge in [-0.1, -0.05) is 43.5 Å². The van der Waals surface area contributed by atoms with Crippen LogP contribution in [0, 0.1) is 5.92 Å². The van der Waals surface area contributed by atoms with Crippen molar-refractivity contribution in [1.82, 2.24) is 4.90 Å². The molecule has 0 spiro atoms. The first-order valence-electron chi connectivity index (χ1n) is 7.39. The lowest BCUT2D eigenvalue weighted by Crippen LogP contribution is -2.43. The molecule has 0 aromatic heterocycles. The molecule has 2 N–H and O–H groups in total. The van der Waals surface area contributed by atoms with Crippen LogP contribution in [0.3, 0.4) is 0 Å². The second kappa shape index (κ2) is 5.41. The standard InChI is InChI=1S/C16H24N2/c17-10-16(13-6-2-1-3-7-13)18-11-14-8-4-5-9-15(14)12-18/h4-5,8-9,13,16H,1-3,6-7,10-12,17H2. The summed E-state index contributed by atoms with van der Waals surface area (Å²) < 4.78 is 0. The van der Waals surface area contributed by atoms with Crippen molar-refractivity contribution in [3.63, 3.8) is 0 Å². The molecule has 2 heteroatoms. The summed E-state index contributed by atoms with van der Waals surface area (Å²) in [5.74, 6) is 0.832. The first kappa shape index (κ1) is 12.2. The minimum atomic E-state index is 0.595. The molecule has 98 valence electrons. The lowest BCUT2D eigenvalue weighted by Gasteiger charge is -2.35. The molecule has 18 heavy (non-hydrogen) atoms. The van der Waals surface area contributed by atoms with Crippen molar-refractivity contribution >= 4 is 0 Å². The number of rotatable bonds is 3. The summed E-state index contributed by atoms with van der Waals surface area (Å²) in [5.41, 5.74) is 9.09. The van der Waals surface area contributed by atoms with Crippen molar-refractivity contribution in [1.29, 1.82) is 0 Å². The number of fused-ring (bicyclic) bond motifs is 1. The van der Waals surface area contributed by atoms with Gasteiger partial charge in [-0.2, -0.15) is 0 Å². The fraction of sp³-hybridized carbons (Fsp3) is 0.625. The van der Waals surface area contributed by atoms with Crippen molar-refractivity contribution in [3.05, 3.63) is 35.4 Å². The predicted molar refractivity (Wildman–Crippen MR) is 75.1 cm³/mol. The van der Waals surface area contributed by atoms with Gasteiger partial charge in [-0.05, 0) is 29.9 Å². The Morgan fingerprint density at radius 2 is 1.67 bits per heavy atom. The quantitative estimate of drug-likeness (QED) is 0.886. The predicted octanol–water partition coefficient (Wildman–Crippen LogP) is 2.91. The largest absolute Gasteiger partial charge is 0.329 e. The molecule has 1 aliphatic carbocycles. The smallest absolute Gasteiger partial charge is 0.0253 e. The van der Waals surface area contributed by atoms with Gasteiger partial charge < -0.3 is 5.73 Å². The van der Waals surface area contributed by atoms with Gasteiger partial charge in [0.15, 0.2) is 0 Å². The van der Waals surface area contributed by atoms with E-state index in [9.17, 15) is 0 Å². The molecule has 1 aromatic rings. The molecule has 0 saturated heterocycles. The van der Waals surface area contributed by atoms with Crippen LogP contribution in [0.25, 0.3) is 0 Å². The van der Waals surface area contributed by atoms with Gasteiger partial charge in [0.2, 0.25) is 0 Å². The van der Waals surface area contributed by atoms with E-state index < -0.39 is 0 Å². The highest BCUT2D eigenvalue weighted by molar-refractivity contribution is 5.30. The molecule has 0 bridgehead atoms. The van der Waals surface area contributed by atoms with Crippen molar-refractivity contribution in [2.45, 2.75) is 51.2 Å². The van der Waals surface area contributed by atoms with E-state index in [4.69, 9.17) is 5.73 Å². The minimum absolute atomic E-state index is 0.595. The molecule has 1 aromatic carbocycles. The van der Waals surface area contributed by atoms with Crippen LogP contribution in [0.4, 0.5) is 0 Å². The van der Waals surface area contributed by atoms with Gasteiger partial charge in [-0.25, -0.2) is 0 Å². The lowest BCUT2D eigenvalue weighted by molar-refractivity contribution is 0.121. The van der Waals surface area contributed by atoms with Crippen LogP contribution < -0.4 is 5.73 Å². The Hall–Kier alpha value is -0.860. The Bertz CT molecular complexity index is 371. The SMILES string of the molecule is NCC(C1CCCCC1)N1Cc2ccccc2C1. The fourth-order valence-electron chi connectivity index (χ4n) is 3.75. The van der Waals surface area contributed by atoms with Gasteiger partial charge in [0.05, 0.1) is 0 Å². The Labute approximate surface area is 110 Å². The maximum absolute atomic E-state index is 6.08. The maximum atomic E-state index is 6.08. The third-order valence-corrected chi connectivity index (χ3v) is 4.77. The van der Waals surface area contributed by atoms with Crippen LogP contribution in [-0.4, -0.2) is 17.5 Å². The number of benzene rings is 1. The lowest BCUT2D eigenvalue weighted by atomic mass is 9.83. The van der Waals surface area contributed by atoms with E-state index in [1.165, 1.54) is 43.2 Å². The molecule has 2 aliphatic rings. The number of nitrogens with two attached hydrogens (primary N) is 1. The van der Waals surface area contributed by atoms with E-state index in [1.807, 2.05) is 0 Å². The highest BCUT2D eigenvalue weighted by Gasteiger charge is 2.31. The first-order valence-corrected chi connectivity index (χ1v) is 7.39. The normalized spacial score (nSPS) is 22.9. The van der Waals surface area contributed by atoms with Crippen molar-refractivity contribution in [2.75, 3.05) is 6.54 Å². The van der Waals surface area contributed by atoms with Gasteiger partial charge in [0, 0.05) is 25.7 Å². The van der Waals surface area contributed by atoms with Crippen LogP contribution in [0.15, 0.2) is 24.3 Å². The van der Waals surface area contributed by atoms with E-state index in [2.05, 4.69) is 29.2 Å². The monoisotopic (exact) mass is 244 g/mol. The Morgan fingerprint density at radius 3 is 2.22 bits per heavy atom. The van der Waals surface area contributed by atoms with Gasteiger partial charge in [-0.15, -0.1) is 0 Å². The van der Waals surface area contributed by atoms with E-state index in [0.717, 1.165) is 25.6 Å². The molecule has 1 fully saturated rings. The zero-order valence-electron chi connectivity index (χ0n) is 11.1. The Morgan fingerprint density at radius 1 is 1.06 bits per heavy atom. The van der Waals surface area contributed by atoms with Gasteiger partial charge >= 0.3 is 0 Å². The second-order valence-corrected chi connectivity index (χ2v) is 5.87. The molecule has 2 nitrogen and oxygen atoms in total. The number of nitrogens with zero attached hydrogens (tertiary/aromatic N) is 1. The fourth-order valence-corrected chi connectivity index (χ4v) is 3.75. The van der Waals surface area contributed by atoms with Gasteiger partial charge in [-0.3, -0.25) is 4.90 Å². The van der Waals surface area contributed by atoms with Gasteiger partial charge in [0.25, 0.3) is 0 Å².